The van der Waals surface area contributed by atoms with E-state index < -0.39 is 12.1 Å². The maximum absolute atomic E-state index is 10.9. The Morgan fingerprint density at radius 1 is 1.57 bits per heavy atom. The van der Waals surface area contributed by atoms with Gasteiger partial charge in [-0.05, 0) is 13.0 Å². The monoisotopic (exact) mass is 198 g/mol. The number of carbonyl (C=O) groups is 2. The Labute approximate surface area is 82.9 Å². The maximum atomic E-state index is 10.9. The number of allylic oxidation sites excluding steroid dienone is 1. The molecule has 1 unspecified atom stereocenters. The first-order valence-corrected chi connectivity index (χ1v) is 4.13. The molecule has 0 heterocycles. The smallest absolute Gasteiger partial charge is 0.333 e. The van der Waals surface area contributed by atoms with Gasteiger partial charge in [0.25, 0.3) is 0 Å². The van der Waals surface area contributed by atoms with Crippen molar-refractivity contribution in [3.8, 4) is 0 Å². The minimum atomic E-state index is -0.983. The highest BCUT2D eigenvalue weighted by molar-refractivity contribution is 5.89. The molecule has 0 aliphatic carbocycles. The molecule has 4 heteroatoms. The van der Waals surface area contributed by atoms with Crippen molar-refractivity contribution in [2.24, 2.45) is 0 Å². The van der Waals surface area contributed by atoms with Crippen LogP contribution in [-0.2, 0) is 14.3 Å². The van der Waals surface area contributed by atoms with Crippen molar-refractivity contribution in [1.29, 1.82) is 0 Å². The fraction of sp³-hybridized carbons (Fsp3) is 0.400. The lowest BCUT2D eigenvalue weighted by atomic mass is 10.2. The quantitative estimate of drug-likeness (QED) is 0.501. The fourth-order valence-electron chi connectivity index (χ4n) is 0.670. The third-order valence-electron chi connectivity index (χ3n) is 1.42. The summed E-state index contributed by atoms with van der Waals surface area (Å²) in [4.78, 5) is 21.6. The maximum Gasteiger partial charge on any atom is 0.333 e. The number of aliphatic hydroxyl groups excluding tert-OH is 1. The zero-order valence-electron chi connectivity index (χ0n) is 8.16. The highest BCUT2D eigenvalue weighted by Crippen LogP contribution is 1.98. The van der Waals surface area contributed by atoms with Crippen molar-refractivity contribution in [1.82, 2.24) is 0 Å². The van der Waals surface area contributed by atoms with Crippen molar-refractivity contribution >= 4 is 11.8 Å². The van der Waals surface area contributed by atoms with Gasteiger partial charge >= 0.3 is 5.97 Å². The van der Waals surface area contributed by atoms with E-state index in [-0.39, 0.29) is 24.4 Å². The molecule has 0 saturated carbocycles. The number of ketones is 1. The Morgan fingerprint density at radius 3 is 2.57 bits per heavy atom. The Bertz CT molecular complexity index is 255. The molecule has 0 aromatic heterocycles. The van der Waals surface area contributed by atoms with Gasteiger partial charge in [0.2, 0.25) is 0 Å². The van der Waals surface area contributed by atoms with Gasteiger partial charge in [0.15, 0.2) is 5.78 Å². The van der Waals surface area contributed by atoms with Crippen molar-refractivity contribution < 1.29 is 19.4 Å². The average molecular weight is 198 g/mol. The van der Waals surface area contributed by atoms with E-state index in [0.717, 1.165) is 6.08 Å². The molecule has 0 radical (unpaired) electrons. The molecule has 0 fully saturated rings. The van der Waals surface area contributed by atoms with E-state index in [1.54, 1.807) is 0 Å². The van der Waals surface area contributed by atoms with Gasteiger partial charge in [-0.3, -0.25) is 4.79 Å². The first kappa shape index (κ1) is 12.6. The van der Waals surface area contributed by atoms with E-state index in [1.807, 2.05) is 0 Å². The molecule has 1 atom stereocenters. The molecule has 4 nitrogen and oxygen atoms in total. The summed E-state index contributed by atoms with van der Waals surface area (Å²) >= 11 is 0. The van der Waals surface area contributed by atoms with Crippen molar-refractivity contribution in [2.75, 3.05) is 6.61 Å². The molecule has 0 aliphatic rings. The summed E-state index contributed by atoms with van der Waals surface area (Å²) in [5, 5.41) is 9.21. The van der Waals surface area contributed by atoms with Crippen LogP contribution in [0.15, 0.2) is 24.8 Å². The van der Waals surface area contributed by atoms with Gasteiger partial charge in [0.1, 0.15) is 6.61 Å². The lowest BCUT2D eigenvalue weighted by Crippen LogP contribution is -2.21. The second-order valence-corrected chi connectivity index (χ2v) is 2.91. The standard InChI is InChI=1S/C10H14O4/c1-4-8(11)5-9(12)6-14-10(13)7(2)3/h4,9,12H,1-2,5-6H2,3H3. The molecule has 0 aliphatic heterocycles. The van der Waals surface area contributed by atoms with Crippen molar-refractivity contribution in [2.45, 2.75) is 19.4 Å². The van der Waals surface area contributed by atoms with Gasteiger partial charge in [0.05, 0.1) is 6.10 Å². The Hall–Kier alpha value is -1.42. The summed E-state index contributed by atoms with van der Waals surface area (Å²) in [6.45, 7) is 7.93. The molecule has 0 bridgehead atoms. The predicted molar refractivity (Wildman–Crippen MR) is 51.6 cm³/mol. The first-order valence-electron chi connectivity index (χ1n) is 4.13. The Morgan fingerprint density at radius 2 is 2.14 bits per heavy atom. The van der Waals surface area contributed by atoms with Crippen LogP contribution in [0.4, 0.5) is 0 Å². The molecule has 0 aromatic carbocycles. The van der Waals surface area contributed by atoms with Gasteiger partial charge < -0.3 is 9.84 Å². The average Bonchev–Trinajstić information content (AvgIpc) is 2.13. The second kappa shape index (κ2) is 6.10. The SMILES string of the molecule is C=CC(=O)CC(O)COC(=O)C(=C)C. The summed E-state index contributed by atoms with van der Waals surface area (Å²) in [7, 11) is 0. The van der Waals surface area contributed by atoms with E-state index in [9.17, 15) is 14.7 Å². The zero-order chi connectivity index (χ0) is 11.1. The normalized spacial score (nSPS) is 11.6. The molecular weight excluding hydrogens is 184 g/mol. The number of aliphatic hydroxyl groups is 1. The van der Waals surface area contributed by atoms with E-state index >= 15 is 0 Å². The molecule has 0 saturated heterocycles. The number of hydrogen-bond donors (Lipinski definition) is 1. The van der Waals surface area contributed by atoms with E-state index in [2.05, 4.69) is 17.9 Å². The lowest BCUT2D eigenvalue weighted by Gasteiger charge is -2.09. The summed E-state index contributed by atoms with van der Waals surface area (Å²) in [6.07, 6.45) is 0.0420. The van der Waals surface area contributed by atoms with Gasteiger partial charge in [-0.15, -0.1) is 0 Å². The molecular formula is C10H14O4. The van der Waals surface area contributed by atoms with Gasteiger partial charge in [-0.25, -0.2) is 4.79 Å². The largest absolute Gasteiger partial charge is 0.460 e. The lowest BCUT2D eigenvalue weighted by molar-refractivity contribution is -0.142. The van der Waals surface area contributed by atoms with Crippen LogP contribution in [0.25, 0.3) is 0 Å². The summed E-state index contributed by atoms with van der Waals surface area (Å²) in [5.41, 5.74) is 0.257. The van der Waals surface area contributed by atoms with Crippen molar-refractivity contribution in [3.05, 3.63) is 24.8 Å². The topological polar surface area (TPSA) is 63.6 Å². The minimum Gasteiger partial charge on any atom is -0.460 e. The van der Waals surface area contributed by atoms with Gasteiger partial charge in [-0.2, -0.15) is 0 Å². The van der Waals surface area contributed by atoms with Gasteiger partial charge in [0, 0.05) is 12.0 Å². The number of carbonyl (C=O) groups excluding carboxylic acids is 2. The van der Waals surface area contributed by atoms with E-state index in [4.69, 9.17) is 0 Å². The van der Waals surface area contributed by atoms with Crippen LogP contribution in [0.2, 0.25) is 0 Å². The number of rotatable bonds is 6. The van der Waals surface area contributed by atoms with Crippen LogP contribution in [0.3, 0.4) is 0 Å². The number of esters is 1. The predicted octanol–water partition coefficient (Wildman–Crippen LogP) is 0.612. The molecule has 0 amide bonds. The fourth-order valence-corrected chi connectivity index (χ4v) is 0.670. The zero-order valence-corrected chi connectivity index (χ0v) is 8.16. The van der Waals surface area contributed by atoms with Crippen LogP contribution < -0.4 is 0 Å². The first-order chi connectivity index (χ1) is 6.47. The number of ether oxygens (including phenoxy) is 1. The van der Waals surface area contributed by atoms with E-state index in [1.165, 1.54) is 6.92 Å². The van der Waals surface area contributed by atoms with Crippen LogP contribution in [0.1, 0.15) is 13.3 Å². The molecule has 0 rings (SSSR count). The molecule has 14 heavy (non-hydrogen) atoms. The van der Waals surface area contributed by atoms with Crippen LogP contribution in [0.5, 0.6) is 0 Å². The summed E-state index contributed by atoms with van der Waals surface area (Å²) < 4.78 is 4.64. The Balaban J connectivity index is 3.79. The summed E-state index contributed by atoms with van der Waals surface area (Å²) in [6, 6.07) is 0. The minimum absolute atomic E-state index is 0.0903. The molecule has 78 valence electrons. The Kier molecular flexibility index (Phi) is 5.48. The van der Waals surface area contributed by atoms with Gasteiger partial charge in [-0.1, -0.05) is 13.2 Å². The number of hydrogen-bond acceptors (Lipinski definition) is 4. The van der Waals surface area contributed by atoms with E-state index in [0.29, 0.717) is 0 Å². The molecule has 0 spiro atoms. The third-order valence-corrected chi connectivity index (χ3v) is 1.42. The summed E-state index contributed by atoms with van der Waals surface area (Å²) in [5.74, 6) is -0.862. The van der Waals surface area contributed by atoms with Crippen LogP contribution in [0, 0.1) is 0 Å². The third kappa shape index (κ3) is 5.27. The molecule has 0 aromatic rings. The van der Waals surface area contributed by atoms with Crippen molar-refractivity contribution in [3.63, 3.8) is 0 Å². The second-order valence-electron chi connectivity index (χ2n) is 2.91. The highest BCUT2D eigenvalue weighted by atomic mass is 16.5. The highest BCUT2D eigenvalue weighted by Gasteiger charge is 2.11. The van der Waals surface area contributed by atoms with Crippen LogP contribution in [-0.4, -0.2) is 29.6 Å². The molecule has 1 N–H and O–H groups in total. The van der Waals surface area contributed by atoms with Crippen LogP contribution >= 0.6 is 0 Å².